The molecule has 0 aromatic rings. The molecule has 0 spiro atoms. The minimum absolute atomic E-state index is 0.434. The van der Waals surface area contributed by atoms with Crippen molar-refractivity contribution in [2.75, 3.05) is 13.7 Å². The van der Waals surface area contributed by atoms with Crippen molar-refractivity contribution in [3.63, 3.8) is 0 Å². The topological polar surface area (TPSA) is 70.9 Å². The van der Waals surface area contributed by atoms with E-state index in [-0.39, 0.29) is 0 Å². The van der Waals surface area contributed by atoms with Crippen LogP contribution < -0.4 is 5.32 Å². The van der Waals surface area contributed by atoms with E-state index in [0.717, 1.165) is 5.71 Å². The van der Waals surface area contributed by atoms with Crippen molar-refractivity contribution in [3.8, 4) is 0 Å². The fourth-order valence-electron chi connectivity index (χ4n) is 0.994. The molecule has 1 aliphatic rings. The molecule has 2 N–H and O–H groups in total. The largest absolute Gasteiger partial charge is 0.480 e. The molecule has 1 saturated heterocycles. The Hall–Kier alpha value is -1.10. The number of hydrogen-bond acceptors (Lipinski definition) is 4. The lowest BCUT2D eigenvalue weighted by Gasteiger charge is -1.98. The number of carbonyl (C=O) groups is 1. The van der Waals surface area contributed by atoms with Crippen LogP contribution in [0, 0.1) is 0 Å². The SMILES string of the molecule is CO/N=C1\CNC(C(=O)O)C1. The van der Waals surface area contributed by atoms with Gasteiger partial charge in [-0.3, -0.25) is 10.1 Å². The van der Waals surface area contributed by atoms with Gasteiger partial charge in [-0.25, -0.2) is 0 Å². The maximum Gasteiger partial charge on any atom is 0.321 e. The zero-order valence-corrected chi connectivity index (χ0v) is 6.20. The first kappa shape index (κ1) is 8.00. The van der Waals surface area contributed by atoms with Gasteiger partial charge in [-0.2, -0.15) is 0 Å². The lowest BCUT2D eigenvalue weighted by Crippen LogP contribution is -2.29. The molecule has 5 heteroatoms. The number of nitrogens with zero attached hydrogens (tertiary/aromatic N) is 1. The summed E-state index contributed by atoms with van der Waals surface area (Å²) in [5.41, 5.74) is 0.750. The third kappa shape index (κ3) is 1.91. The minimum atomic E-state index is -0.841. The molecule has 1 rings (SSSR count). The van der Waals surface area contributed by atoms with Gasteiger partial charge in [0, 0.05) is 13.0 Å². The molecule has 0 aromatic carbocycles. The molecular formula is C6H10N2O3. The van der Waals surface area contributed by atoms with Crippen molar-refractivity contribution < 1.29 is 14.7 Å². The maximum atomic E-state index is 10.4. The normalized spacial score (nSPS) is 27.4. The first-order valence-corrected chi connectivity index (χ1v) is 3.29. The predicted octanol–water partition coefficient (Wildman–Crippen LogP) is -0.565. The quantitative estimate of drug-likeness (QED) is 0.528. The summed E-state index contributed by atoms with van der Waals surface area (Å²) >= 11 is 0. The van der Waals surface area contributed by atoms with Crippen molar-refractivity contribution in [1.29, 1.82) is 0 Å². The summed E-state index contributed by atoms with van der Waals surface area (Å²) in [6.45, 7) is 0.505. The number of oxime groups is 1. The van der Waals surface area contributed by atoms with E-state index in [0.29, 0.717) is 13.0 Å². The number of rotatable bonds is 2. The summed E-state index contributed by atoms with van der Waals surface area (Å²) < 4.78 is 0. The third-order valence-electron chi connectivity index (χ3n) is 1.51. The van der Waals surface area contributed by atoms with Gasteiger partial charge in [-0.1, -0.05) is 5.16 Å². The van der Waals surface area contributed by atoms with E-state index in [1.807, 2.05) is 0 Å². The minimum Gasteiger partial charge on any atom is -0.480 e. The Kier molecular flexibility index (Phi) is 2.43. The monoisotopic (exact) mass is 158 g/mol. The van der Waals surface area contributed by atoms with Crippen LogP contribution in [-0.2, 0) is 9.63 Å². The fraction of sp³-hybridized carbons (Fsp3) is 0.667. The number of nitrogens with one attached hydrogen (secondary N) is 1. The summed E-state index contributed by atoms with van der Waals surface area (Å²) in [5.74, 6) is -0.841. The highest BCUT2D eigenvalue weighted by Gasteiger charge is 2.26. The Morgan fingerprint density at radius 3 is 3.09 bits per heavy atom. The molecule has 62 valence electrons. The van der Waals surface area contributed by atoms with Gasteiger partial charge in [0.15, 0.2) is 0 Å². The number of aliphatic carboxylic acids is 1. The van der Waals surface area contributed by atoms with E-state index in [4.69, 9.17) is 5.11 Å². The van der Waals surface area contributed by atoms with Gasteiger partial charge in [-0.15, -0.1) is 0 Å². The van der Waals surface area contributed by atoms with Crippen LogP contribution in [0.5, 0.6) is 0 Å². The first-order valence-electron chi connectivity index (χ1n) is 3.29. The second-order valence-electron chi connectivity index (χ2n) is 2.32. The second-order valence-corrected chi connectivity index (χ2v) is 2.32. The number of carboxylic acids is 1. The van der Waals surface area contributed by atoms with Gasteiger partial charge in [0.1, 0.15) is 13.2 Å². The van der Waals surface area contributed by atoms with Gasteiger partial charge in [0.25, 0.3) is 0 Å². The molecule has 0 aromatic heterocycles. The van der Waals surface area contributed by atoms with Gasteiger partial charge in [0.05, 0.1) is 5.71 Å². The Bertz CT molecular complexity index is 190. The van der Waals surface area contributed by atoms with Gasteiger partial charge in [0.2, 0.25) is 0 Å². The predicted molar refractivity (Wildman–Crippen MR) is 38.5 cm³/mol. The molecule has 0 amide bonds. The Morgan fingerprint density at radius 1 is 1.91 bits per heavy atom. The second kappa shape index (κ2) is 3.34. The van der Waals surface area contributed by atoms with E-state index in [1.165, 1.54) is 7.11 Å². The maximum absolute atomic E-state index is 10.4. The Morgan fingerprint density at radius 2 is 2.64 bits per heavy atom. The lowest BCUT2D eigenvalue weighted by atomic mass is 10.2. The van der Waals surface area contributed by atoms with Crippen molar-refractivity contribution in [2.24, 2.45) is 5.16 Å². The first-order chi connectivity index (χ1) is 5.24. The highest BCUT2D eigenvalue weighted by molar-refractivity contribution is 5.94. The van der Waals surface area contributed by atoms with Crippen molar-refractivity contribution in [3.05, 3.63) is 0 Å². The summed E-state index contributed by atoms with van der Waals surface area (Å²) in [6, 6.07) is -0.496. The van der Waals surface area contributed by atoms with Gasteiger partial charge < -0.3 is 9.94 Å². The van der Waals surface area contributed by atoms with Crippen LogP contribution in [0.2, 0.25) is 0 Å². The van der Waals surface area contributed by atoms with Crippen molar-refractivity contribution in [2.45, 2.75) is 12.5 Å². The average molecular weight is 158 g/mol. The third-order valence-corrected chi connectivity index (χ3v) is 1.51. The van der Waals surface area contributed by atoms with E-state index in [1.54, 1.807) is 0 Å². The number of hydrogen-bond donors (Lipinski definition) is 2. The average Bonchev–Trinajstić information content (AvgIpc) is 2.37. The summed E-state index contributed by atoms with van der Waals surface area (Å²) in [4.78, 5) is 14.9. The van der Waals surface area contributed by atoms with Gasteiger partial charge >= 0.3 is 5.97 Å². The summed E-state index contributed by atoms with van der Waals surface area (Å²) in [7, 11) is 1.45. The van der Waals surface area contributed by atoms with Crippen LogP contribution in [0.4, 0.5) is 0 Å². The summed E-state index contributed by atoms with van der Waals surface area (Å²) in [5, 5.41) is 15.0. The van der Waals surface area contributed by atoms with Gasteiger partial charge in [-0.05, 0) is 0 Å². The molecule has 1 fully saturated rings. The van der Waals surface area contributed by atoms with Crippen molar-refractivity contribution >= 4 is 11.7 Å². The zero-order valence-electron chi connectivity index (χ0n) is 6.20. The molecule has 1 atom stereocenters. The molecule has 1 aliphatic heterocycles. The Labute approximate surface area is 64.0 Å². The molecule has 0 radical (unpaired) electrons. The fourth-order valence-corrected chi connectivity index (χ4v) is 0.994. The molecular weight excluding hydrogens is 148 g/mol. The lowest BCUT2D eigenvalue weighted by molar-refractivity contribution is -0.138. The Balaban J connectivity index is 2.47. The smallest absolute Gasteiger partial charge is 0.321 e. The molecule has 5 nitrogen and oxygen atoms in total. The molecule has 0 aliphatic carbocycles. The van der Waals surface area contributed by atoms with Crippen LogP contribution in [0.25, 0.3) is 0 Å². The van der Waals surface area contributed by atoms with E-state index < -0.39 is 12.0 Å². The van der Waals surface area contributed by atoms with E-state index in [2.05, 4.69) is 15.3 Å². The van der Waals surface area contributed by atoms with Crippen molar-refractivity contribution in [1.82, 2.24) is 5.32 Å². The number of carboxylic acid groups (broad SMARTS) is 1. The molecule has 1 unspecified atom stereocenters. The standard InChI is InChI=1S/C6H10N2O3/c1-11-8-4-2-5(6(9)10)7-3-4/h5,7H,2-3H2,1H3,(H,9,10)/b8-4-. The van der Waals surface area contributed by atoms with Crippen LogP contribution in [0.3, 0.4) is 0 Å². The molecule has 1 heterocycles. The highest BCUT2D eigenvalue weighted by Crippen LogP contribution is 2.03. The highest BCUT2D eigenvalue weighted by atomic mass is 16.6. The van der Waals surface area contributed by atoms with E-state index >= 15 is 0 Å². The molecule has 0 bridgehead atoms. The van der Waals surface area contributed by atoms with Crippen LogP contribution in [-0.4, -0.2) is 36.5 Å². The zero-order chi connectivity index (χ0) is 8.27. The van der Waals surface area contributed by atoms with Crippen LogP contribution in [0.1, 0.15) is 6.42 Å². The summed E-state index contributed by atoms with van der Waals surface area (Å²) in [6.07, 6.45) is 0.434. The van der Waals surface area contributed by atoms with Crippen LogP contribution in [0.15, 0.2) is 5.16 Å². The molecule has 0 saturated carbocycles. The van der Waals surface area contributed by atoms with E-state index in [9.17, 15) is 4.79 Å². The van der Waals surface area contributed by atoms with Crippen LogP contribution >= 0.6 is 0 Å². The molecule has 11 heavy (non-hydrogen) atoms.